The summed E-state index contributed by atoms with van der Waals surface area (Å²) in [6.45, 7) is 2.30. The molecule has 1 aliphatic carbocycles. The average molecular weight is 248 g/mol. The van der Waals surface area contributed by atoms with E-state index < -0.39 is 0 Å². The molecule has 0 saturated carbocycles. The lowest BCUT2D eigenvalue weighted by molar-refractivity contribution is -0.143. The highest BCUT2D eigenvalue weighted by Gasteiger charge is 2.25. The molecule has 0 bridgehead atoms. The number of methoxy groups -OCH3 is 1. The van der Waals surface area contributed by atoms with Crippen molar-refractivity contribution in [1.82, 2.24) is 0 Å². The molecule has 0 amide bonds. The van der Waals surface area contributed by atoms with Gasteiger partial charge < -0.3 is 9.47 Å². The minimum atomic E-state index is -0.0989. The van der Waals surface area contributed by atoms with Gasteiger partial charge in [0.1, 0.15) is 5.75 Å². The van der Waals surface area contributed by atoms with E-state index in [0.29, 0.717) is 13.0 Å². The lowest BCUT2D eigenvalue weighted by atomic mass is 9.80. The molecule has 1 aromatic carbocycles. The normalized spacial score (nSPS) is 18.0. The highest BCUT2D eigenvalue weighted by Crippen LogP contribution is 2.38. The smallest absolute Gasteiger partial charge is 0.306 e. The molecule has 0 radical (unpaired) electrons. The van der Waals surface area contributed by atoms with Gasteiger partial charge in [-0.1, -0.05) is 12.1 Å². The maximum Gasteiger partial charge on any atom is 0.306 e. The Morgan fingerprint density at radius 2 is 2.28 bits per heavy atom. The molecule has 98 valence electrons. The molecule has 0 aromatic heterocycles. The Morgan fingerprint density at radius 3 is 3.00 bits per heavy atom. The molecule has 0 saturated heterocycles. The van der Waals surface area contributed by atoms with E-state index in [1.807, 2.05) is 19.1 Å². The molecule has 3 heteroatoms. The molecule has 1 atom stereocenters. The first kappa shape index (κ1) is 12.9. The number of esters is 1. The van der Waals surface area contributed by atoms with Crippen molar-refractivity contribution < 1.29 is 14.3 Å². The number of benzene rings is 1. The topological polar surface area (TPSA) is 35.5 Å². The third-order valence-corrected chi connectivity index (χ3v) is 3.53. The van der Waals surface area contributed by atoms with E-state index in [1.165, 1.54) is 11.1 Å². The van der Waals surface area contributed by atoms with Gasteiger partial charge in [-0.2, -0.15) is 0 Å². The van der Waals surface area contributed by atoms with Gasteiger partial charge in [0, 0.05) is 0 Å². The number of hydrogen-bond acceptors (Lipinski definition) is 3. The summed E-state index contributed by atoms with van der Waals surface area (Å²) < 4.78 is 10.4. The first-order chi connectivity index (χ1) is 8.76. The van der Waals surface area contributed by atoms with Crippen molar-refractivity contribution >= 4 is 5.97 Å². The Kier molecular flexibility index (Phi) is 4.24. The summed E-state index contributed by atoms with van der Waals surface area (Å²) in [6.07, 6.45) is 3.68. The molecule has 0 heterocycles. The molecule has 2 rings (SSSR count). The van der Waals surface area contributed by atoms with Crippen LogP contribution in [0.15, 0.2) is 18.2 Å². The second kappa shape index (κ2) is 5.89. The number of hydrogen-bond donors (Lipinski definition) is 0. The van der Waals surface area contributed by atoms with Crippen LogP contribution in [0.2, 0.25) is 0 Å². The minimum Gasteiger partial charge on any atom is -0.496 e. The lowest BCUT2D eigenvalue weighted by Crippen LogP contribution is -2.16. The van der Waals surface area contributed by atoms with Crippen LogP contribution in [0, 0.1) is 0 Å². The van der Waals surface area contributed by atoms with Crippen LogP contribution in [0.25, 0.3) is 0 Å². The van der Waals surface area contributed by atoms with Crippen LogP contribution in [-0.2, 0) is 16.0 Å². The summed E-state index contributed by atoms with van der Waals surface area (Å²) in [4.78, 5) is 11.6. The molecule has 0 fully saturated rings. The van der Waals surface area contributed by atoms with Gasteiger partial charge >= 0.3 is 5.97 Å². The largest absolute Gasteiger partial charge is 0.496 e. The zero-order valence-corrected chi connectivity index (χ0v) is 11.1. The molecular weight excluding hydrogens is 228 g/mol. The first-order valence-corrected chi connectivity index (χ1v) is 6.57. The number of carbonyl (C=O) groups is 1. The van der Waals surface area contributed by atoms with E-state index in [1.54, 1.807) is 7.11 Å². The molecule has 3 nitrogen and oxygen atoms in total. The fourth-order valence-electron chi connectivity index (χ4n) is 2.74. The van der Waals surface area contributed by atoms with E-state index in [4.69, 9.17) is 9.47 Å². The average Bonchev–Trinajstić information content (AvgIpc) is 2.38. The lowest BCUT2D eigenvalue weighted by Gasteiger charge is -2.26. The van der Waals surface area contributed by atoms with E-state index in [9.17, 15) is 4.79 Å². The Bertz CT molecular complexity index is 426. The Morgan fingerprint density at radius 1 is 1.44 bits per heavy atom. The van der Waals surface area contributed by atoms with E-state index >= 15 is 0 Å². The maximum absolute atomic E-state index is 11.6. The molecule has 0 unspecified atom stereocenters. The highest BCUT2D eigenvalue weighted by molar-refractivity contribution is 5.71. The van der Waals surface area contributed by atoms with Gasteiger partial charge in [-0.25, -0.2) is 0 Å². The van der Waals surface area contributed by atoms with Crippen molar-refractivity contribution in [2.45, 2.75) is 38.5 Å². The molecule has 1 aromatic rings. The number of carbonyl (C=O) groups excluding carboxylic acids is 1. The molecule has 1 aliphatic rings. The fraction of sp³-hybridized carbons (Fsp3) is 0.533. The molecule has 18 heavy (non-hydrogen) atoms. The standard InChI is InChI=1S/C15H20O3/c1-3-18-15(16)10-11-6-4-8-13-12(11)7-5-9-14(13)17-2/h5,7,9,11H,3-4,6,8,10H2,1-2H3/t11-/m1/s1. The Labute approximate surface area is 108 Å². The van der Waals surface area contributed by atoms with E-state index in [2.05, 4.69) is 6.07 Å². The molecular formula is C15H20O3. The van der Waals surface area contributed by atoms with Gasteiger partial charge in [0.05, 0.1) is 20.1 Å². The summed E-state index contributed by atoms with van der Waals surface area (Å²) in [5.74, 6) is 1.13. The predicted molar refractivity (Wildman–Crippen MR) is 69.9 cm³/mol. The van der Waals surface area contributed by atoms with Crippen molar-refractivity contribution in [3.8, 4) is 5.75 Å². The Hall–Kier alpha value is -1.51. The second-order valence-corrected chi connectivity index (χ2v) is 4.63. The number of rotatable bonds is 4. The number of ether oxygens (including phenoxy) is 2. The quantitative estimate of drug-likeness (QED) is 0.768. The second-order valence-electron chi connectivity index (χ2n) is 4.63. The van der Waals surface area contributed by atoms with Crippen LogP contribution in [0.1, 0.15) is 43.2 Å². The Balaban J connectivity index is 2.20. The summed E-state index contributed by atoms with van der Waals surface area (Å²) in [7, 11) is 1.70. The summed E-state index contributed by atoms with van der Waals surface area (Å²) in [5, 5.41) is 0. The highest BCUT2D eigenvalue weighted by atomic mass is 16.5. The van der Waals surface area contributed by atoms with Crippen molar-refractivity contribution in [1.29, 1.82) is 0 Å². The van der Waals surface area contributed by atoms with Gasteiger partial charge in [-0.15, -0.1) is 0 Å². The van der Waals surface area contributed by atoms with Gasteiger partial charge in [0.2, 0.25) is 0 Å². The van der Waals surface area contributed by atoms with Gasteiger partial charge in [0.15, 0.2) is 0 Å². The van der Waals surface area contributed by atoms with Gasteiger partial charge in [-0.3, -0.25) is 4.79 Å². The van der Waals surface area contributed by atoms with Crippen molar-refractivity contribution in [3.05, 3.63) is 29.3 Å². The SMILES string of the molecule is CCOC(=O)C[C@H]1CCCc2c(OC)cccc21. The zero-order chi connectivity index (χ0) is 13.0. The summed E-state index contributed by atoms with van der Waals surface area (Å²) >= 11 is 0. The summed E-state index contributed by atoms with van der Waals surface area (Å²) in [6, 6.07) is 6.10. The monoisotopic (exact) mass is 248 g/mol. The molecule has 0 spiro atoms. The van der Waals surface area contributed by atoms with Crippen LogP contribution in [-0.4, -0.2) is 19.7 Å². The van der Waals surface area contributed by atoms with E-state index in [-0.39, 0.29) is 11.9 Å². The summed E-state index contributed by atoms with van der Waals surface area (Å²) in [5.41, 5.74) is 2.52. The van der Waals surface area contributed by atoms with Crippen LogP contribution in [0.3, 0.4) is 0 Å². The van der Waals surface area contributed by atoms with Crippen molar-refractivity contribution in [2.75, 3.05) is 13.7 Å². The predicted octanol–water partition coefficient (Wildman–Crippen LogP) is 3.07. The third-order valence-electron chi connectivity index (χ3n) is 3.53. The van der Waals surface area contributed by atoms with Crippen LogP contribution in [0.4, 0.5) is 0 Å². The first-order valence-electron chi connectivity index (χ1n) is 6.57. The van der Waals surface area contributed by atoms with Crippen LogP contribution >= 0.6 is 0 Å². The van der Waals surface area contributed by atoms with Crippen LogP contribution < -0.4 is 4.74 Å². The van der Waals surface area contributed by atoms with Crippen LogP contribution in [0.5, 0.6) is 5.75 Å². The van der Waals surface area contributed by atoms with Gasteiger partial charge in [0.25, 0.3) is 0 Å². The fourth-order valence-corrected chi connectivity index (χ4v) is 2.74. The minimum absolute atomic E-state index is 0.0989. The molecule has 0 aliphatic heterocycles. The van der Waals surface area contributed by atoms with Crippen molar-refractivity contribution in [3.63, 3.8) is 0 Å². The van der Waals surface area contributed by atoms with E-state index in [0.717, 1.165) is 25.0 Å². The van der Waals surface area contributed by atoms with Crippen molar-refractivity contribution in [2.24, 2.45) is 0 Å². The third kappa shape index (κ3) is 2.66. The number of fused-ring (bicyclic) bond motifs is 1. The zero-order valence-electron chi connectivity index (χ0n) is 11.1. The molecule has 0 N–H and O–H groups in total. The maximum atomic E-state index is 11.6. The van der Waals surface area contributed by atoms with Gasteiger partial charge in [-0.05, 0) is 49.3 Å².